The average molecular weight is 309 g/mol. The Morgan fingerprint density at radius 2 is 2.24 bits per heavy atom. The lowest BCUT2D eigenvalue weighted by molar-refractivity contribution is -0.139. The molecule has 0 aliphatic heterocycles. The first kappa shape index (κ1) is 15.0. The Hall–Kier alpha value is -2.42. The van der Waals surface area contributed by atoms with Gasteiger partial charge in [0.25, 0.3) is 0 Å². The zero-order valence-corrected chi connectivity index (χ0v) is 12.3. The Morgan fingerprint density at radius 3 is 2.76 bits per heavy atom. The third-order valence-electron chi connectivity index (χ3n) is 2.65. The maximum Gasteiger partial charge on any atom is 0.331 e. The van der Waals surface area contributed by atoms with Crippen molar-refractivity contribution in [2.75, 3.05) is 0 Å². The molecule has 1 atom stereocenters. The van der Waals surface area contributed by atoms with Crippen molar-refractivity contribution in [1.29, 1.82) is 0 Å². The molecule has 2 amide bonds. The standard InChI is InChI=1S/C12H15N5O3S/c1-7-3-13-9(21-7)5-14-12(20)16-10(11(18)19)8-4-15-17(2)6-8/h3-4,6,10H,5H2,1-2H3,(H,18,19)(H2,14,16,20). The van der Waals surface area contributed by atoms with Crippen molar-refractivity contribution in [2.45, 2.75) is 19.5 Å². The van der Waals surface area contributed by atoms with Gasteiger partial charge in [0.2, 0.25) is 0 Å². The predicted octanol–water partition coefficient (Wildman–Crippen LogP) is 0.810. The molecule has 0 spiro atoms. The Labute approximate surface area is 124 Å². The maximum atomic E-state index is 11.8. The van der Waals surface area contributed by atoms with Crippen LogP contribution in [0.2, 0.25) is 0 Å². The van der Waals surface area contributed by atoms with E-state index in [2.05, 4.69) is 20.7 Å². The molecule has 1 unspecified atom stereocenters. The third kappa shape index (κ3) is 4.02. The summed E-state index contributed by atoms with van der Waals surface area (Å²) in [7, 11) is 1.67. The van der Waals surface area contributed by atoms with Crippen LogP contribution in [0.5, 0.6) is 0 Å². The topological polar surface area (TPSA) is 109 Å². The van der Waals surface area contributed by atoms with Crippen LogP contribution in [0, 0.1) is 6.92 Å². The molecule has 0 bridgehead atoms. The fourth-order valence-electron chi connectivity index (χ4n) is 1.70. The summed E-state index contributed by atoms with van der Waals surface area (Å²) in [5.74, 6) is -1.15. The second-order valence-corrected chi connectivity index (χ2v) is 5.73. The molecule has 0 saturated carbocycles. The maximum absolute atomic E-state index is 11.8. The second-order valence-electron chi connectivity index (χ2n) is 4.41. The first-order valence-electron chi connectivity index (χ1n) is 6.12. The van der Waals surface area contributed by atoms with Crippen molar-refractivity contribution in [3.8, 4) is 0 Å². The van der Waals surface area contributed by atoms with Gasteiger partial charge in [-0.05, 0) is 6.92 Å². The molecule has 2 aromatic rings. The number of aliphatic carboxylic acids is 1. The van der Waals surface area contributed by atoms with Crippen molar-refractivity contribution in [1.82, 2.24) is 25.4 Å². The number of thiazole rings is 1. The fraction of sp³-hybridized carbons (Fsp3) is 0.333. The van der Waals surface area contributed by atoms with Crippen LogP contribution in [0.1, 0.15) is 21.5 Å². The normalized spacial score (nSPS) is 11.9. The minimum atomic E-state index is -1.15. The van der Waals surface area contributed by atoms with E-state index in [1.807, 2.05) is 6.92 Å². The number of hydrogen-bond acceptors (Lipinski definition) is 5. The molecule has 8 nitrogen and oxygen atoms in total. The van der Waals surface area contributed by atoms with Gasteiger partial charge in [-0.25, -0.2) is 14.6 Å². The van der Waals surface area contributed by atoms with E-state index in [0.29, 0.717) is 5.56 Å². The summed E-state index contributed by atoms with van der Waals surface area (Å²) in [5, 5.41) is 18.8. The van der Waals surface area contributed by atoms with Crippen LogP contribution >= 0.6 is 11.3 Å². The van der Waals surface area contributed by atoms with Gasteiger partial charge in [0, 0.05) is 29.9 Å². The van der Waals surface area contributed by atoms with Crippen LogP contribution in [-0.4, -0.2) is 31.9 Å². The smallest absolute Gasteiger partial charge is 0.331 e. The first-order valence-corrected chi connectivity index (χ1v) is 6.94. The van der Waals surface area contributed by atoms with Gasteiger partial charge in [-0.2, -0.15) is 5.10 Å². The molecule has 0 radical (unpaired) electrons. The number of carbonyl (C=O) groups is 2. The minimum Gasteiger partial charge on any atom is -0.479 e. The van der Waals surface area contributed by atoms with Crippen LogP contribution < -0.4 is 10.6 Å². The Balaban J connectivity index is 1.94. The molecular weight excluding hydrogens is 294 g/mol. The van der Waals surface area contributed by atoms with E-state index in [4.69, 9.17) is 0 Å². The number of carboxylic acid groups (broad SMARTS) is 1. The SMILES string of the molecule is Cc1cnc(CNC(=O)NC(C(=O)O)c2cnn(C)c2)s1. The zero-order chi connectivity index (χ0) is 15.4. The molecule has 2 rings (SSSR count). The Bertz CT molecular complexity index is 651. The molecule has 0 saturated heterocycles. The van der Waals surface area contributed by atoms with Crippen LogP contribution in [0.4, 0.5) is 4.79 Å². The van der Waals surface area contributed by atoms with E-state index in [0.717, 1.165) is 9.88 Å². The van der Waals surface area contributed by atoms with E-state index < -0.39 is 18.0 Å². The number of nitrogens with zero attached hydrogens (tertiary/aromatic N) is 3. The Kier molecular flexibility index (Phi) is 4.53. The van der Waals surface area contributed by atoms with E-state index in [1.54, 1.807) is 19.4 Å². The average Bonchev–Trinajstić information content (AvgIpc) is 3.02. The highest BCUT2D eigenvalue weighted by molar-refractivity contribution is 7.11. The number of carbonyl (C=O) groups excluding carboxylic acids is 1. The fourth-order valence-corrected chi connectivity index (χ4v) is 2.42. The number of aryl methyl sites for hydroxylation is 2. The predicted molar refractivity (Wildman–Crippen MR) is 75.8 cm³/mol. The van der Waals surface area contributed by atoms with Gasteiger partial charge >= 0.3 is 12.0 Å². The zero-order valence-electron chi connectivity index (χ0n) is 11.5. The lowest BCUT2D eigenvalue weighted by Gasteiger charge is -2.13. The van der Waals surface area contributed by atoms with Crippen LogP contribution in [-0.2, 0) is 18.4 Å². The minimum absolute atomic E-state index is 0.254. The number of nitrogens with one attached hydrogen (secondary N) is 2. The molecule has 0 aliphatic carbocycles. The lowest BCUT2D eigenvalue weighted by atomic mass is 10.1. The molecule has 0 aliphatic rings. The highest BCUT2D eigenvalue weighted by atomic mass is 32.1. The quantitative estimate of drug-likeness (QED) is 0.757. The van der Waals surface area contributed by atoms with Crippen molar-refractivity contribution in [3.05, 3.63) is 34.0 Å². The highest BCUT2D eigenvalue weighted by Gasteiger charge is 2.23. The van der Waals surface area contributed by atoms with E-state index in [-0.39, 0.29) is 6.54 Å². The molecule has 2 aromatic heterocycles. The highest BCUT2D eigenvalue weighted by Crippen LogP contribution is 2.12. The number of amides is 2. The number of hydrogen-bond donors (Lipinski definition) is 3. The van der Waals surface area contributed by atoms with E-state index in [1.165, 1.54) is 22.2 Å². The summed E-state index contributed by atoms with van der Waals surface area (Å²) in [6, 6.07) is -1.71. The first-order chi connectivity index (χ1) is 9.95. The van der Waals surface area contributed by atoms with Crippen molar-refractivity contribution in [2.24, 2.45) is 7.05 Å². The van der Waals surface area contributed by atoms with Crippen molar-refractivity contribution < 1.29 is 14.7 Å². The Morgan fingerprint density at radius 1 is 1.48 bits per heavy atom. The van der Waals surface area contributed by atoms with Gasteiger partial charge in [0.1, 0.15) is 5.01 Å². The monoisotopic (exact) mass is 309 g/mol. The largest absolute Gasteiger partial charge is 0.479 e. The van der Waals surface area contributed by atoms with Gasteiger partial charge < -0.3 is 15.7 Å². The summed E-state index contributed by atoms with van der Waals surface area (Å²) in [5.41, 5.74) is 0.408. The number of urea groups is 1. The van der Waals surface area contributed by atoms with Gasteiger partial charge in [0.15, 0.2) is 6.04 Å². The van der Waals surface area contributed by atoms with E-state index in [9.17, 15) is 14.7 Å². The number of rotatable bonds is 5. The molecule has 21 heavy (non-hydrogen) atoms. The van der Waals surface area contributed by atoms with Crippen LogP contribution in [0.15, 0.2) is 18.6 Å². The molecule has 0 aromatic carbocycles. The van der Waals surface area contributed by atoms with Gasteiger partial charge in [0.05, 0.1) is 12.7 Å². The molecular formula is C12H15N5O3S. The molecule has 112 valence electrons. The summed E-state index contributed by atoms with van der Waals surface area (Å²) in [4.78, 5) is 28.2. The summed E-state index contributed by atoms with van der Waals surface area (Å²) in [6.45, 7) is 2.17. The molecule has 2 heterocycles. The molecule has 3 N–H and O–H groups in total. The second kappa shape index (κ2) is 6.35. The van der Waals surface area contributed by atoms with Gasteiger partial charge in [-0.15, -0.1) is 11.3 Å². The third-order valence-corrected chi connectivity index (χ3v) is 3.56. The van der Waals surface area contributed by atoms with Gasteiger partial charge in [-0.3, -0.25) is 4.68 Å². The molecule has 9 heteroatoms. The van der Waals surface area contributed by atoms with Crippen molar-refractivity contribution >= 4 is 23.3 Å². The van der Waals surface area contributed by atoms with Gasteiger partial charge in [-0.1, -0.05) is 0 Å². The van der Waals surface area contributed by atoms with Crippen molar-refractivity contribution in [3.63, 3.8) is 0 Å². The van der Waals surface area contributed by atoms with Crippen LogP contribution in [0.25, 0.3) is 0 Å². The van der Waals surface area contributed by atoms with E-state index >= 15 is 0 Å². The summed E-state index contributed by atoms with van der Waals surface area (Å²) in [6.07, 6.45) is 4.67. The van der Waals surface area contributed by atoms with Crippen LogP contribution in [0.3, 0.4) is 0 Å². The number of aromatic nitrogens is 3. The summed E-state index contributed by atoms with van der Waals surface area (Å²) < 4.78 is 1.48. The lowest BCUT2D eigenvalue weighted by Crippen LogP contribution is -2.40. The summed E-state index contributed by atoms with van der Waals surface area (Å²) >= 11 is 1.47. The molecule has 0 fully saturated rings. The number of carboxylic acids is 1.